The average molecular weight is 241 g/mol. The summed E-state index contributed by atoms with van der Waals surface area (Å²) < 4.78 is 7.54. The van der Waals surface area contributed by atoms with Gasteiger partial charge in [0, 0.05) is 23.7 Å². The maximum absolute atomic E-state index is 5.98. The molecule has 0 spiro atoms. The maximum Gasteiger partial charge on any atom is 0.0737 e. The van der Waals surface area contributed by atoms with E-state index in [2.05, 4.69) is 18.9 Å². The van der Waals surface area contributed by atoms with Gasteiger partial charge in [-0.3, -0.25) is 4.68 Å². The third-order valence-electron chi connectivity index (χ3n) is 2.85. The lowest BCUT2D eigenvalue weighted by Crippen LogP contribution is -2.15. The first-order valence-electron chi connectivity index (χ1n) is 5.62. The summed E-state index contributed by atoms with van der Waals surface area (Å²) in [6.07, 6.45) is 2.77. The van der Waals surface area contributed by atoms with E-state index in [0.29, 0.717) is 18.5 Å². The van der Waals surface area contributed by atoms with Gasteiger partial charge in [-0.15, -0.1) is 11.6 Å². The molecular weight excluding hydrogens is 224 g/mol. The summed E-state index contributed by atoms with van der Waals surface area (Å²) in [5, 5.41) is 4.34. The molecule has 0 amide bonds. The average Bonchev–Trinajstić information content (AvgIpc) is 2.77. The second kappa shape index (κ2) is 5.02. The van der Waals surface area contributed by atoms with Crippen molar-refractivity contribution in [2.75, 3.05) is 19.1 Å². The quantitative estimate of drug-likeness (QED) is 0.760. The molecule has 2 heterocycles. The highest BCUT2D eigenvalue weighted by atomic mass is 35.5. The molecule has 16 heavy (non-hydrogen) atoms. The van der Waals surface area contributed by atoms with Gasteiger partial charge in [0.25, 0.3) is 0 Å². The fraction of sp³-hybridized carbons (Fsp3) is 0.583. The number of ether oxygens (including phenoxy) is 1. The van der Waals surface area contributed by atoms with Gasteiger partial charge in [-0.25, -0.2) is 0 Å². The normalized spacial score (nSPS) is 17.2. The SMILES string of the molecule is CC(C)n1nccc1C1=C(CCl)CCOC1. The molecule has 1 aromatic heterocycles. The van der Waals surface area contributed by atoms with Crippen LogP contribution < -0.4 is 0 Å². The summed E-state index contributed by atoms with van der Waals surface area (Å²) in [6, 6.07) is 2.40. The number of halogens is 1. The molecule has 0 bridgehead atoms. The monoisotopic (exact) mass is 240 g/mol. The van der Waals surface area contributed by atoms with Gasteiger partial charge in [-0.2, -0.15) is 5.10 Å². The Bertz CT molecular complexity index is 395. The maximum atomic E-state index is 5.98. The van der Waals surface area contributed by atoms with Crippen molar-refractivity contribution in [3.05, 3.63) is 23.5 Å². The van der Waals surface area contributed by atoms with Crippen LogP contribution in [0.3, 0.4) is 0 Å². The van der Waals surface area contributed by atoms with E-state index in [4.69, 9.17) is 16.3 Å². The van der Waals surface area contributed by atoms with E-state index >= 15 is 0 Å². The van der Waals surface area contributed by atoms with Crippen LogP contribution in [0.2, 0.25) is 0 Å². The van der Waals surface area contributed by atoms with E-state index in [0.717, 1.165) is 18.7 Å². The topological polar surface area (TPSA) is 27.1 Å². The lowest BCUT2D eigenvalue weighted by Gasteiger charge is -2.21. The molecule has 1 aromatic rings. The lowest BCUT2D eigenvalue weighted by molar-refractivity contribution is 0.160. The highest BCUT2D eigenvalue weighted by molar-refractivity contribution is 6.20. The molecule has 88 valence electrons. The van der Waals surface area contributed by atoms with Crippen molar-refractivity contribution < 1.29 is 4.74 Å². The van der Waals surface area contributed by atoms with Gasteiger partial charge >= 0.3 is 0 Å². The van der Waals surface area contributed by atoms with E-state index < -0.39 is 0 Å². The molecule has 0 saturated carbocycles. The molecule has 1 aliphatic rings. The van der Waals surface area contributed by atoms with Crippen LogP contribution in [0.4, 0.5) is 0 Å². The molecule has 0 aliphatic carbocycles. The number of alkyl halides is 1. The second-order valence-corrected chi connectivity index (χ2v) is 4.54. The third-order valence-corrected chi connectivity index (χ3v) is 3.17. The largest absolute Gasteiger partial charge is 0.376 e. The molecular formula is C12H17ClN2O. The van der Waals surface area contributed by atoms with Gasteiger partial charge in [0.2, 0.25) is 0 Å². The zero-order valence-electron chi connectivity index (χ0n) is 9.74. The zero-order chi connectivity index (χ0) is 11.5. The van der Waals surface area contributed by atoms with Crippen LogP contribution in [-0.4, -0.2) is 28.9 Å². The molecule has 2 rings (SSSR count). The van der Waals surface area contributed by atoms with Crippen LogP contribution in [0.5, 0.6) is 0 Å². The Labute approximate surface area is 101 Å². The minimum absolute atomic E-state index is 0.357. The smallest absolute Gasteiger partial charge is 0.0737 e. The summed E-state index contributed by atoms with van der Waals surface area (Å²) in [6.45, 7) is 5.68. The van der Waals surface area contributed by atoms with E-state index in [9.17, 15) is 0 Å². The molecule has 0 saturated heterocycles. The van der Waals surface area contributed by atoms with Crippen molar-refractivity contribution in [3.63, 3.8) is 0 Å². The first-order chi connectivity index (χ1) is 7.74. The van der Waals surface area contributed by atoms with Gasteiger partial charge < -0.3 is 4.74 Å². The molecule has 0 fully saturated rings. The zero-order valence-corrected chi connectivity index (χ0v) is 10.5. The van der Waals surface area contributed by atoms with Gasteiger partial charge in [0.1, 0.15) is 0 Å². The molecule has 4 heteroatoms. The van der Waals surface area contributed by atoms with Gasteiger partial charge in [-0.05, 0) is 31.9 Å². The molecule has 0 atom stereocenters. The minimum atomic E-state index is 0.357. The predicted molar refractivity (Wildman–Crippen MR) is 65.7 cm³/mol. The van der Waals surface area contributed by atoms with Gasteiger partial charge in [0.15, 0.2) is 0 Å². The lowest BCUT2D eigenvalue weighted by atomic mass is 10.0. The molecule has 0 radical (unpaired) electrons. The summed E-state index contributed by atoms with van der Waals surface area (Å²) >= 11 is 5.98. The second-order valence-electron chi connectivity index (χ2n) is 4.27. The number of nitrogens with zero attached hydrogens (tertiary/aromatic N) is 2. The van der Waals surface area contributed by atoms with Crippen molar-refractivity contribution >= 4 is 17.2 Å². The molecule has 0 aromatic carbocycles. The summed E-state index contributed by atoms with van der Waals surface area (Å²) in [5.74, 6) is 0.585. The van der Waals surface area contributed by atoms with Crippen LogP contribution >= 0.6 is 11.6 Å². The fourth-order valence-electron chi connectivity index (χ4n) is 1.99. The first kappa shape index (κ1) is 11.7. The highest BCUT2D eigenvalue weighted by Gasteiger charge is 2.18. The molecule has 0 unspecified atom stereocenters. The number of hydrogen-bond donors (Lipinski definition) is 0. The van der Waals surface area contributed by atoms with Crippen molar-refractivity contribution in [1.29, 1.82) is 0 Å². The fourth-order valence-corrected chi connectivity index (χ4v) is 2.28. The van der Waals surface area contributed by atoms with E-state index in [1.165, 1.54) is 11.1 Å². The van der Waals surface area contributed by atoms with Crippen molar-refractivity contribution in [1.82, 2.24) is 9.78 Å². The molecule has 1 aliphatic heterocycles. The Morgan fingerprint density at radius 3 is 3.06 bits per heavy atom. The third kappa shape index (κ3) is 2.15. The predicted octanol–water partition coefficient (Wildman–Crippen LogP) is 2.88. The van der Waals surface area contributed by atoms with E-state index in [1.54, 1.807) is 0 Å². The van der Waals surface area contributed by atoms with Crippen molar-refractivity contribution in [2.45, 2.75) is 26.3 Å². The van der Waals surface area contributed by atoms with Crippen LogP contribution in [0.1, 0.15) is 32.0 Å². The minimum Gasteiger partial charge on any atom is -0.376 e. The van der Waals surface area contributed by atoms with Crippen LogP contribution in [0, 0.1) is 0 Å². The standard InChI is InChI=1S/C12H17ClN2O/c1-9(2)15-12(3-5-14-15)11-8-16-6-4-10(11)7-13/h3,5,9H,4,6-8H2,1-2H3. The summed E-state index contributed by atoms with van der Waals surface area (Å²) in [7, 11) is 0. The van der Waals surface area contributed by atoms with E-state index in [-0.39, 0.29) is 0 Å². The summed E-state index contributed by atoms with van der Waals surface area (Å²) in [5.41, 5.74) is 3.65. The highest BCUT2D eigenvalue weighted by Crippen LogP contribution is 2.27. The number of rotatable bonds is 3. The molecule has 3 nitrogen and oxygen atoms in total. The van der Waals surface area contributed by atoms with Gasteiger partial charge in [0.05, 0.1) is 18.9 Å². The Morgan fingerprint density at radius 1 is 1.56 bits per heavy atom. The Hall–Kier alpha value is -0.800. The van der Waals surface area contributed by atoms with Crippen LogP contribution in [0.25, 0.3) is 5.57 Å². The Balaban J connectivity index is 2.41. The van der Waals surface area contributed by atoms with Crippen molar-refractivity contribution in [3.8, 4) is 0 Å². The number of aromatic nitrogens is 2. The van der Waals surface area contributed by atoms with Crippen LogP contribution in [0.15, 0.2) is 17.8 Å². The molecule has 0 N–H and O–H groups in total. The van der Waals surface area contributed by atoms with E-state index in [1.807, 2.05) is 16.9 Å². The number of hydrogen-bond acceptors (Lipinski definition) is 2. The Kier molecular flexibility index (Phi) is 3.66. The first-order valence-corrected chi connectivity index (χ1v) is 6.16. The van der Waals surface area contributed by atoms with Crippen LogP contribution in [-0.2, 0) is 4.74 Å². The Morgan fingerprint density at radius 2 is 2.38 bits per heavy atom. The van der Waals surface area contributed by atoms with Gasteiger partial charge in [-0.1, -0.05) is 0 Å². The summed E-state index contributed by atoms with van der Waals surface area (Å²) in [4.78, 5) is 0. The van der Waals surface area contributed by atoms with Crippen molar-refractivity contribution in [2.24, 2.45) is 0 Å².